The second kappa shape index (κ2) is 8.82. The van der Waals surface area contributed by atoms with Crippen LogP contribution < -0.4 is 24.8 Å². The van der Waals surface area contributed by atoms with E-state index in [2.05, 4.69) is 10.6 Å². The van der Waals surface area contributed by atoms with Crippen LogP contribution >= 0.6 is 11.6 Å². The maximum absolute atomic E-state index is 12.8. The molecule has 29 heavy (non-hydrogen) atoms. The first-order chi connectivity index (χ1) is 13.8. The number of rotatable bonds is 7. The fraction of sp³-hybridized carbons (Fsp3) is 0.409. The molecule has 156 valence electrons. The summed E-state index contributed by atoms with van der Waals surface area (Å²) in [6, 6.07) is 6.85. The van der Waals surface area contributed by atoms with Gasteiger partial charge in [-0.05, 0) is 45.4 Å². The van der Waals surface area contributed by atoms with Crippen molar-refractivity contribution >= 4 is 28.9 Å². The summed E-state index contributed by atoms with van der Waals surface area (Å²) in [7, 11) is 1.54. The van der Waals surface area contributed by atoms with Crippen LogP contribution in [0.5, 0.6) is 17.2 Å². The first-order valence-electron chi connectivity index (χ1n) is 9.70. The number of hydrogen-bond donors (Lipinski definition) is 2. The van der Waals surface area contributed by atoms with Crippen LogP contribution in [-0.4, -0.2) is 31.8 Å². The van der Waals surface area contributed by atoms with Gasteiger partial charge in [0.05, 0.1) is 25.1 Å². The van der Waals surface area contributed by atoms with Gasteiger partial charge >= 0.3 is 0 Å². The zero-order valence-electron chi connectivity index (χ0n) is 17.4. The molecule has 0 aromatic heterocycles. The maximum Gasteiger partial charge on any atom is 0.246 e. The van der Waals surface area contributed by atoms with Crippen molar-refractivity contribution in [3.05, 3.63) is 40.4 Å². The van der Waals surface area contributed by atoms with E-state index in [4.69, 9.17) is 25.8 Å². The van der Waals surface area contributed by atoms with Crippen molar-refractivity contribution < 1.29 is 19.0 Å². The molecular weight excluding hydrogens is 392 g/mol. The van der Waals surface area contributed by atoms with Crippen LogP contribution in [0.15, 0.2) is 24.3 Å². The lowest BCUT2D eigenvalue weighted by molar-refractivity contribution is -0.116. The first kappa shape index (κ1) is 21.1. The molecule has 0 saturated heterocycles. The highest BCUT2D eigenvalue weighted by atomic mass is 35.5. The minimum Gasteiger partial charge on any atom is -0.495 e. The number of anilines is 2. The average Bonchev–Trinajstić information content (AvgIpc) is 3.03. The Kier molecular flexibility index (Phi) is 6.42. The van der Waals surface area contributed by atoms with E-state index in [0.717, 1.165) is 29.0 Å². The minimum atomic E-state index is -0.522. The van der Waals surface area contributed by atoms with Crippen LogP contribution in [0.25, 0.3) is 0 Å². The Morgan fingerprint density at radius 3 is 2.72 bits per heavy atom. The molecule has 0 saturated carbocycles. The third-order valence-corrected chi connectivity index (χ3v) is 5.21. The lowest BCUT2D eigenvalue weighted by Crippen LogP contribution is -2.32. The Morgan fingerprint density at radius 2 is 2.03 bits per heavy atom. The molecule has 7 heteroatoms. The molecule has 1 amide bonds. The molecule has 0 radical (unpaired) electrons. The largest absolute Gasteiger partial charge is 0.495 e. The van der Waals surface area contributed by atoms with Crippen molar-refractivity contribution in [2.45, 2.75) is 46.3 Å². The average molecular weight is 419 g/mol. The van der Waals surface area contributed by atoms with Crippen LogP contribution in [0.3, 0.4) is 0 Å². The molecule has 0 aliphatic carbocycles. The molecule has 2 atom stereocenters. The number of ether oxygens (including phenoxy) is 3. The summed E-state index contributed by atoms with van der Waals surface area (Å²) >= 11 is 6.14. The summed E-state index contributed by atoms with van der Waals surface area (Å²) in [5.74, 6) is 1.84. The topological polar surface area (TPSA) is 68.8 Å². The monoisotopic (exact) mass is 418 g/mol. The van der Waals surface area contributed by atoms with Crippen LogP contribution in [0, 0.1) is 6.92 Å². The Balaban J connectivity index is 1.78. The van der Waals surface area contributed by atoms with Gasteiger partial charge in [-0.3, -0.25) is 4.79 Å². The van der Waals surface area contributed by atoms with Gasteiger partial charge in [-0.2, -0.15) is 0 Å². The summed E-state index contributed by atoms with van der Waals surface area (Å²) in [5, 5.41) is 6.73. The Labute approximate surface area is 176 Å². The number of halogens is 1. The Bertz CT molecular complexity index is 916. The minimum absolute atomic E-state index is 0.135. The van der Waals surface area contributed by atoms with Crippen LogP contribution in [0.1, 0.15) is 31.9 Å². The zero-order chi connectivity index (χ0) is 21.1. The van der Waals surface area contributed by atoms with Gasteiger partial charge in [0.15, 0.2) is 0 Å². The summed E-state index contributed by atoms with van der Waals surface area (Å²) in [5.41, 5.74) is 3.27. The van der Waals surface area contributed by atoms with E-state index >= 15 is 0 Å². The number of carbonyl (C=O) groups excluding carboxylic acids is 1. The molecule has 0 bridgehead atoms. The Hall–Kier alpha value is -2.60. The quantitative estimate of drug-likeness (QED) is 0.674. The second-order valence-corrected chi connectivity index (χ2v) is 7.59. The summed E-state index contributed by atoms with van der Waals surface area (Å²) in [6.07, 6.45) is 0.984. The van der Waals surface area contributed by atoms with E-state index < -0.39 is 6.04 Å². The third kappa shape index (κ3) is 4.70. The summed E-state index contributed by atoms with van der Waals surface area (Å²) in [4.78, 5) is 12.8. The van der Waals surface area contributed by atoms with E-state index in [9.17, 15) is 4.79 Å². The predicted molar refractivity (Wildman–Crippen MR) is 116 cm³/mol. The van der Waals surface area contributed by atoms with Crippen LogP contribution in [0.4, 0.5) is 11.4 Å². The molecule has 1 heterocycles. The molecule has 0 fully saturated rings. The van der Waals surface area contributed by atoms with Gasteiger partial charge < -0.3 is 24.8 Å². The van der Waals surface area contributed by atoms with Gasteiger partial charge in [0.1, 0.15) is 29.4 Å². The van der Waals surface area contributed by atoms with Crippen LogP contribution in [0.2, 0.25) is 5.02 Å². The van der Waals surface area contributed by atoms with Gasteiger partial charge in [0, 0.05) is 29.1 Å². The van der Waals surface area contributed by atoms with Crippen molar-refractivity contribution in [1.29, 1.82) is 0 Å². The molecule has 0 unspecified atom stereocenters. The first-order valence-corrected chi connectivity index (χ1v) is 10.1. The smallest absolute Gasteiger partial charge is 0.246 e. The second-order valence-electron chi connectivity index (χ2n) is 7.18. The summed E-state index contributed by atoms with van der Waals surface area (Å²) in [6.45, 7) is 8.16. The van der Waals surface area contributed by atoms with Gasteiger partial charge in [-0.1, -0.05) is 11.6 Å². The number of nitrogens with one attached hydrogen (secondary N) is 2. The Morgan fingerprint density at radius 1 is 1.28 bits per heavy atom. The van der Waals surface area contributed by atoms with E-state index in [1.807, 2.05) is 32.9 Å². The molecule has 2 aromatic carbocycles. The van der Waals surface area contributed by atoms with Crippen molar-refractivity contribution in [2.24, 2.45) is 0 Å². The third-order valence-electron chi connectivity index (χ3n) is 4.80. The normalized spacial score (nSPS) is 15.9. The van der Waals surface area contributed by atoms with Gasteiger partial charge in [0.25, 0.3) is 0 Å². The zero-order valence-corrected chi connectivity index (χ0v) is 18.1. The number of carbonyl (C=O) groups is 1. The predicted octanol–water partition coefficient (Wildman–Crippen LogP) is 4.82. The lowest BCUT2D eigenvalue weighted by atomic mass is 10.1. The molecule has 6 nitrogen and oxygen atoms in total. The fourth-order valence-corrected chi connectivity index (χ4v) is 3.45. The van der Waals surface area contributed by atoms with E-state index in [0.29, 0.717) is 28.8 Å². The number of benzene rings is 2. The number of aryl methyl sites for hydroxylation is 1. The highest BCUT2D eigenvalue weighted by molar-refractivity contribution is 6.31. The lowest BCUT2D eigenvalue weighted by Gasteiger charge is -2.20. The van der Waals surface area contributed by atoms with Gasteiger partial charge in [0.2, 0.25) is 5.91 Å². The molecule has 3 rings (SSSR count). The van der Waals surface area contributed by atoms with E-state index in [1.165, 1.54) is 7.11 Å². The molecule has 1 aliphatic heterocycles. The fourth-order valence-electron chi connectivity index (χ4n) is 3.30. The number of fused-ring (bicyclic) bond motifs is 1. The van der Waals surface area contributed by atoms with Crippen LogP contribution in [-0.2, 0) is 11.2 Å². The van der Waals surface area contributed by atoms with E-state index in [-0.39, 0.29) is 12.0 Å². The molecule has 1 aliphatic rings. The standard InChI is InChI=1S/C22H27ClN2O4/c1-6-28-21-9-15-8-13(3)29-19(15)11-18(21)24-14(4)22(26)25-17-7-12(2)16(23)10-20(17)27-5/h7,9-11,13-14,24H,6,8H2,1-5H3,(H,25,26)/t13-,14+/m0/s1. The number of amides is 1. The van der Waals surface area contributed by atoms with Gasteiger partial charge in [-0.15, -0.1) is 0 Å². The molecule has 2 aromatic rings. The van der Waals surface area contributed by atoms with E-state index in [1.54, 1.807) is 19.1 Å². The van der Waals surface area contributed by atoms with Crippen molar-refractivity contribution in [1.82, 2.24) is 0 Å². The van der Waals surface area contributed by atoms with Crippen molar-refractivity contribution in [2.75, 3.05) is 24.4 Å². The van der Waals surface area contributed by atoms with Gasteiger partial charge in [-0.25, -0.2) is 0 Å². The molecular formula is C22H27ClN2O4. The number of methoxy groups -OCH3 is 1. The highest BCUT2D eigenvalue weighted by Crippen LogP contribution is 2.38. The SMILES string of the molecule is CCOc1cc2c(cc1N[C@H](C)C(=O)Nc1cc(C)c(Cl)cc1OC)O[C@@H](C)C2. The summed E-state index contributed by atoms with van der Waals surface area (Å²) < 4.78 is 17.0. The van der Waals surface area contributed by atoms with Crippen molar-refractivity contribution in [3.8, 4) is 17.2 Å². The molecule has 0 spiro atoms. The van der Waals surface area contributed by atoms with Crippen molar-refractivity contribution in [3.63, 3.8) is 0 Å². The maximum atomic E-state index is 12.8. The molecule has 2 N–H and O–H groups in total. The number of hydrogen-bond acceptors (Lipinski definition) is 5. The highest BCUT2D eigenvalue weighted by Gasteiger charge is 2.24.